The second-order valence-electron chi connectivity index (χ2n) is 9.69. The van der Waals surface area contributed by atoms with Gasteiger partial charge in [0.2, 0.25) is 5.13 Å². The SMILES string of the molecule is Oc1ccccc1C1=NN(c2nc3ccccc3s2)C(c2ccc(N(c3ccccc3)c3ccccc3)cc2)C1. The molecular formula is C34H26N4OS. The topological polar surface area (TPSA) is 52.0 Å². The number of hydrogen-bond donors (Lipinski definition) is 1. The number of rotatable bonds is 6. The molecule has 1 unspecified atom stereocenters. The number of hydrogen-bond acceptors (Lipinski definition) is 6. The van der Waals surface area contributed by atoms with Gasteiger partial charge in [0.25, 0.3) is 0 Å². The Morgan fingerprint density at radius 2 is 1.27 bits per heavy atom. The van der Waals surface area contributed by atoms with E-state index in [1.54, 1.807) is 17.4 Å². The molecule has 0 saturated heterocycles. The molecule has 40 heavy (non-hydrogen) atoms. The van der Waals surface area contributed by atoms with E-state index in [2.05, 4.69) is 83.8 Å². The van der Waals surface area contributed by atoms with Crippen molar-refractivity contribution in [3.63, 3.8) is 0 Å². The number of thiazole rings is 1. The Kier molecular flexibility index (Phi) is 6.22. The van der Waals surface area contributed by atoms with Crippen LogP contribution in [0, 0.1) is 0 Å². The van der Waals surface area contributed by atoms with Gasteiger partial charge in [-0.1, -0.05) is 84.1 Å². The average molecular weight is 539 g/mol. The molecule has 2 heterocycles. The highest BCUT2D eigenvalue weighted by Gasteiger charge is 2.33. The lowest BCUT2D eigenvalue weighted by molar-refractivity contribution is 0.474. The number of aromatic hydroxyl groups is 1. The first-order chi connectivity index (χ1) is 19.7. The van der Waals surface area contributed by atoms with Crippen LogP contribution in [0.1, 0.15) is 23.6 Å². The molecule has 0 aliphatic carbocycles. The van der Waals surface area contributed by atoms with E-state index in [1.807, 2.05) is 53.5 Å². The molecule has 0 spiro atoms. The van der Waals surface area contributed by atoms with Gasteiger partial charge in [-0.25, -0.2) is 9.99 Å². The molecule has 1 atom stereocenters. The summed E-state index contributed by atoms with van der Waals surface area (Å²) in [5.74, 6) is 0.239. The zero-order valence-corrected chi connectivity index (χ0v) is 22.4. The first-order valence-corrected chi connectivity index (χ1v) is 14.1. The Morgan fingerprint density at radius 3 is 1.95 bits per heavy atom. The minimum Gasteiger partial charge on any atom is -0.507 e. The monoisotopic (exact) mass is 538 g/mol. The van der Waals surface area contributed by atoms with Crippen molar-refractivity contribution in [2.24, 2.45) is 5.10 Å². The van der Waals surface area contributed by atoms with E-state index in [4.69, 9.17) is 10.1 Å². The maximum Gasteiger partial charge on any atom is 0.207 e. The van der Waals surface area contributed by atoms with Gasteiger partial charge in [-0.05, 0) is 66.2 Å². The number of fused-ring (bicyclic) bond motifs is 1. The fourth-order valence-corrected chi connectivity index (χ4v) is 6.20. The number of hydrazone groups is 1. The normalized spacial score (nSPS) is 14.8. The zero-order valence-electron chi connectivity index (χ0n) is 21.6. The van der Waals surface area contributed by atoms with Crippen molar-refractivity contribution >= 4 is 49.5 Å². The Balaban J connectivity index is 1.28. The number of nitrogens with zero attached hydrogens (tertiary/aromatic N) is 4. The van der Waals surface area contributed by atoms with Crippen molar-refractivity contribution in [1.82, 2.24) is 4.98 Å². The smallest absolute Gasteiger partial charge is 0.207 e. The summed E-state index contributed by atoms with van der Waals surface area (Å²) >= 11 is 1.63. The highest BCUT2D eigenvalue weighted by Crippen LogP contribution is 2.42. The Hall–Kier alpha value is -4.94. The summed E-state index contributed by atoms with van der Waals surface area (Å²) in [7, 11) is 0. The summed E-state index contributed by atoms with van der Waals surface area (Å²) in [4.78, 5) is 7.17. The number of aromatic nitrogens is 1. The standard InChI is InChI=1S/C34H26N4OS/c39-32-17-9-7-15-28(32)30-23-31(38(36-30)34-35-29-16-8-10-18-33(29)40-34)24-19-21-27(22-20-24)37(25-11-3-1-4-12-25)26-13-5-2-6-14-26/h1-22,31,39H,23H2. The maximum absolute atomic E-state index is 10.6. The number of anilines is 4. The van der Waals surface area contributed by atoms with Crippen molar-refractivity contribution in [2.45, 2.75) is 12.5 Å². The van der Waals surface area contributed by atoms with Crippen LogP contribution in [0.25, 0.3) is 10.2 Å². The molecule has 5 nitrogen and oxygen atoms in total. The zero-order chi connectivity index (χ0) is 26.9. The second kappa shape index (κ2) is 10.3. The van der Waals surface area contributed by atoms with Gasteiger partial charge in [-0.2, -0.15) is 5.10 Å². The molecule has 6 heteroatoms. The Bertz CT molecular complexity index is 1730. The Labute approximate surface area is 236 Å². The van der Waals surface area contributed by atoms with Crippen LogP contribution in [0.3, 0.4) is 0 Å². The predicted octanol–water partition coefficient (Wildman–Crippen LogP) is 8.83. The molecule has 0 bridgehead atoms. The van der Waals surface area contributed by atoms with Gasteiger partial charge in [-0.3, -0.25) is 0 Å². The highest BCUT2D eigenvalue weighted by atomic mass is 32.1. The van der Waals surface area contributed by atoms with Crippen molar-refractivity contribution in [2.75, 3.05) is 9.91 Å². The van der Waals surface area contributed by atoms with E-state index < -0.39 is 0 Å². The van der Waals surface area contributed by atoms with E-state index in [9.17, 15) is 5.11 Å². The lowest BCUT2D eigenvalue weighted by atomic mass is 9.97. The van der Waals surface area contributed by atoms with Crippen molar-refractivity contribution in [1.29, 1.82) is 0 Å². The lowest BCUT2D eigenvalue weighted by Gasteiger charge is -2.26. The van der Waals surface area contributed by atoms with E-state index in [0.717, 1.165) is 49.2 Å². The van der Waals surface area contributed by atoms with Crippen LogP contribution in [0.2, 0.25) is 0 Å². The van der Waals surface area contributed by atoms with Crippen LogP contribution in [0.4, 0.5) is 22.2 Å². The van der Waals surface area contributed by atoms with E-state index >= 15 is 0 Å². The fourth-order valence-electron chi connectivity index (χ4n) is 5.23. The summed E-state index contributed by atoms with van der Waals surface area (Å²) < 4.78 is 1.12. The van der Waals surface area contributed by atoms with E-state index in [-0.39, 0.29) is 11.8 Å². The molecule has 0 amide bonds. The Morgan fingerprint density at radius 1 is 0.675 bits per heavy atom. The summed E-state index contributed by atoms with van der Waals surface area (Å²) in [5.41, 5.74) is 6.98. The van der Waals surface area contributed by atoms with Gasteiger partial charge in [0.05, 0.1) is 22.0 Å². The maximum atomic E-state index is 10.6. The molecule has 1 aliphatic heterocycles. The summed E-state index contributed by atoms with van der Waals surface area (Å²) in [6.07, 6.45) is 0.661. The van der Waals surface area contributed by atoms with Crippen molar-refractivity contribution in [3.8, 4) is 5.75 Å². The van der Waals surface area contributed by atoms with E-state index in [1.165, 1.54) is 0 Å². The largest absolute Gasteiger partial charge is 0.507 e. The number of phenolic OH excluding ortho intramolecular Hbond substituents is 1. The molecule has 1 aliphatic rings. The fraction of sp³-hybridized carbons (Fsp3) is 0.0588. The van der Waals surface area contributed by atoms with Gasteiger partial charge >= 0.3 is 0 Å². The molecule has 0 saturated carbocycles. The van der Waals surface area contributed by atoms with Crippen LogP contribution in [-0.2, 0) is 0 Å². The quantitative estimate of drug-likeness (QED) is 0.230. The molecule has 0 radical (unpaired) electrons. The number of benzene rings is 5. The van der Waals surface area contributed by atoms with Crippen LogP contribution in [0.5, 0.6) is 5.75 Å². The summed E-state index contributed by atoms with van der Waals surface area (Å²) in [6, 6.07) is 45.0. The van der Waals surface area contributed by atoms with Gasteiger partial charge in [0, 0.05) is 29.0 Å². The second-order valence-corrected chi connectivity index (χ2v) is 10.7. The first kappa shape index (κ1) is 24.1. The third-order valence-corrected chi connectivity index (χ3v) is 8.19. The van der Waals surface area contributed by atoms with Gasteiger partial charge in [-0.15, -0.1) is 0 Å². The van der Waals surface area contributed by atoms with Crippen molar-refractivity contribution in [3.05, 3.63) is 145 Å². The average Bonchev–Trinajstić information content (AvgIpc) is 3.64. The van der Waals surface area contributed by atoms with Crippen LogP contribution in [-0.4, -0.2) is 15.8 Å². The lowest BCUT2D eigenvalue weighted by Crippen LogP contribution is -2.18. The minimum absolute atomic E-state index is 0.0499. The third-order valence-electron chi connectivity index (χ3n) is 7.17. The highest BCUT2D eigenvalue weighted by molar-refractivity contribution is 7.22. The molecule has 1 N–H and O–H groups in total. The van der Waals surface area contributed by atoms with Crippen LogP contribution in [0.15, 0.2) is 139 Å². The van der Waals surface area contributed by atoms with Gasteiger partial charge in [0.1, 0.15) is 5.75 Å². The van der Waals surface area contributed by atoms with Gasteiger partial charge < -0.3 is 10.0 Å². The first-order valence-electron chi connectivity index (χ1n) is 13.3. The molecule has 1 aromatic heterocycles. The molecular weight excluding hydrogens is 512 g/mol. The predicted molar refractivity (Wildman–Crippen MR) is 165 cm³/mol. The van der Waals surface area contributed by atoms with Gasteiger partial charge in [0.15, 0.2) is 0 Å². The molecule has 5 aromatic carbocycles. The van der Waals surface area contributed by atoms with Crippen molar-refractivity contribution < 1.29 is 5.11 Å². The minimum atomic E-state index is -0.0499. The number of para-hydroxylation sites is 4. The molecule has 194 valence electrons. The molecule has 0 fully saturated rings. The van der Waals surface area contributed by atoms with E-state index in [0.29, 0.717) is 6.42 Å². The third kappa shape index (κ3) is 4.48. The van der Waals surface area contributed by atoms with Crippen LogP contribution >= 0.6 is 11.3 Å². The summed E-state index contributed by atoms with van der Waals surface area (Å²) in [6.45, 7) is 0. The summed E-state index contributed by atoms with van der Waals surface area (Å²) in [5, 5.41) is 18.5. The number of phenols is 1. The van der Waals surface area contributed by atoms with Crippen LogP contribution < -0.4 is 9.91 Å². The molecule has 6 aromatic rings. The molecule has 7 rings (SSSR count).